The molecule has 0 saturated heterocycles. The van der Waals surface area contributed by atoms with Crippen molar-refractivity contribution in [2.24, 2.45) is 5.92 Å². The van der Waals surface area contributed by atoms with Crippen LogP contribution < -0.4 is 4.74 Å². The number of ether oxygens (including phenoxy) is 1. The zero-order valence-electron chi connectivity index (χ0n) is 16.5. The summed E-state index contributed by atoms with van der Waals surface area (Å²) in [4.78, 5) is 21.1. The van der Waals surface area contributed by atoms with E-state index in [4.69, 9.17) is 4.74 Å². The van der Waals surface area contributed by atoms with Gasteiger partial charge in [0.1, 0.15) is 11.6 Å². The van der Waals surface area contributed by atoms with E-state index in [1.54, 1.807) is 13.3 Å². The highest BCUT2D eigenvalue weighted by Gasteiger charge is 2.19. The summed E-state index contributed by atoms with van der Waals surface area (Å²) in [6, 6.07) is 8.00. The number of benzene rings is 1. The number of imidazole rings is 1. The first-order valence-corrected chi connectivity index (χ1v) is 8.97. The second-order valence-corrected chi connectivity index (χ2v) is 7.04. The van der Waals surface area contributed by atoms with Gasteiger partial charge < -0.3 is 19.1 Å². The van der Waals surface area contributed by atoms with Gasteiger partial charge in [0.15, 0.2) is 0 Å². The summed E-state index contributed by atoms with van der Waals surface area (Å²) in [6.45, 7) is 6.61. The number of rotatable bonds is 9. The fraction of sp³-hybridized carbons (Fsp3) is 0.500. The monoisotopic (exact) mass is 358 g/mol. The summed E-state index contributed by atoms with van der Waals surface area (Å²) >= 11 is 0. The molecule has 6 nitrogen and oxygen atoms in total. The lowest BCUT2D eigenvalue weighted by Crippen LogP contribution is -2.39. The molecule has 0 aliphatic heterocycles. The topological polar surface area (TPSA) is 50.6 Å². The molecule has 26 heavy (non-hydrogen) atoms. The van der Waals surface area contributed by atoms with Gasteiger partial charge in [-0.3, -0.25) is 4.79 Å². The molecular formula is C20H30N4O2. The molecule has 6 heteroatoms. The van der Waals surface area contributed by atoms with Gasteiger partial charge in [0.25, 0.3) is 0 Å². The second kappa shape index (κ2) is 9.38. The molecule has 0 saturated carbocycles. The van der Waals surface area contributed by atoms with Crippen LogP contribution in [0.15, 0.2) is 36.7 Å². The van der Waals surface area contributed by atoms with E-state index in [-0.39, 0.29) is 11.8 Å². The number of likely N-dealkylation sites (N-methyl/N-ethyl adjacent to an activating group) is 1. The van der Waals surface area contributed by atoms with E-state index in [0.717, 1.165) is 23.7 Å². The Kier molecular flexibility index (Phi) is 7.21. The van der Waals surface area contributed by atoms with E-state index in [2.05, 4.69) is 20.5 Å². The Labute approximate surface area is 156 Å². The van der Waals surface area contributed by atoms with Crippen molar-refractivity contribution in [2.45, 2.75) is 26.9 Å². The van der Waals surface area contributed by atoms with Crippen molar-refractivity contribution in [3.63, 3.8) is 0 Å². The van der Waals surface area contributed by atoms with Crippen LogP contribution in [0.1, 0.15) is 25.2 Å². The lowest BCUT2D eigenvalue weighted by Gasteiger charge is -2.26. The van der Waals surface area contributed by atoms with Crippen molar-refractivity contribution in [2.75, 3.05) is 34.3 Å². The summed E-state index contributed by atoms with van der Waals surface area (Å²) < 4.78 is 7.39. The Morgan fingerprint density at radius 2 is 2.04 bits per heavy atom. The maximum Gasteiger partial charge on any atom is 0.225 e. The van der Waals surface area contributed by atoms with E-state index in [1.165, 1.54) is 0 Å². The molecule has 142 valence electrons. The second-order valence-electron chi connectivity index (χ2n) is 7.04. The van der Waals surface area contributed by atoms with Crippen molar-refractivity contribution in [1.29, 1.82) is 0 Å². The molecule has 0 fully saturated rings. The lowest BCUT2D eigenvalue weighted by molar-refractivity contribution is -0.135. The Balaban J connectivity index is 2.14. The highest BCUT2D eigenvalue weighted by Crippen LogP contribution is 2.15. The first kappa shape index (κ1) is 20.0. The van der Waals surface area contributed by atoms with Crippen molar-refractivity contribution in [1.82, 2.24) is 19.4 Å². The minimum atomic E-state index is -0.0287. The minimum absolute atomic E-state index is 0.0287. The van der Waals surface area contributed by atoms with Crippen LogP contribution in [0.25, 0.3) is 0 Å². The maximum absolute atomic E-state index is 12.6. The zero-order chi connectivity index (χ0) is 19.1. The molecule has 2 rings (SSSR count). The highest BCUT2D eigenvalue weighted by atomic mass is 16.5. The maximum atomic E-state index is 12.6. The van der Waals surface area contributed by atoms with E-state index in [9.17, 15) is 4.79 Å². The van der Waals surface area contributed by atoms with Crippen LogP contribution in [0.3, 0.4) is 0 Å². The number of aromatic nitrogens is 2. The minimum Gasteiger partial charge on any atom is -0.497 e. The molecule has 0 aliphatic carbocycles. The molecule has 1 aromatic carbocycles. The Morgan fingerprint density at radius 3 is 2.69 bits per heavy atom. The SMILES string of the molecule is COc1cccc(Cn2ccnc2CN(CCN(C)C)C(=O)C(C)C)c1. The van der Waals surface area contributed by atoms with Crippen LogP contribution in [-0.2, 0) is 17.9 Å². The fourth-order valence-corrected chi connectivity index (χ4v) is 2.73. The number of hydrogen-bond donors (Lipinski definition) is 0. The Hall–Kier alpha value is -2.34. The number of nitrogens with zero attached hydrogens (tertiary/aromatic N) is 4. The quantitative estimate of drug-likeness (QED) is 0.691. The van der Waals surface area contributed by atoms with Crippen LogP contribution in [-0.4, -0.2) is 59.6 Å². The van der Waals surface area contributed by atoms with E-state index in [0.29, 0.717) is 19.6 Å². The summed E-state index contributed by atoms with van der Waals surface area (Å²) in [7, 11) is 5.70. The van der Waals surface area contributed by atoms with Crippen molar-refractivity contribution in [3.8, 4) is 5.75 Å². The molecule has 0 spiro atoms. The Bertz CT molecular complexity index is 709. The Morgan fingerprint density at radius 1 is 1.27 bits per heavy atom. The van der Waals surface area contributed by atoms with Crippen LogP contribution in [0.2, 0.25) is 0 Å². The number of carbonyl (C=O) groups excluding carboxylic acids is 1. The molecule has 0 radical (unpaired) electrons. The van der Waals surface area contributed by atoms with Crippen LogP contribution >= 0.6 is 0 Å². The summed E-state index contributed by atoms with van der Waals surface area (Å²) in [5.41, 5.74) is 1.14. The van der Waals surface area contributed by atoms with Gasteiger partial charge in [-0.1, -0.05) is 26.0 Å². The van der Waals surface area contributed by atoms with Gasteiger partial charge in [0.05, 0.1) is 13.7 Å². The molecule has 1 heterocycles. The molecule has 0 N–H and O–H groups in total. The molecule has 1 aromatic heterocycles. The van der Waals surface area contributed by atoms with Gasteiger partial charge in [-0.2, -0.15) is 0 Å². The normalized spacial score (nSPS) is 11.2. The van der Waals surface area contributed by atoms with Crippen LogP contribution in [0.4, 0.5) is 0 Å². The van der Waals surface area contributed by atoms with E-state index >= 15 is 0 Å². The third-order valence-corrected chi connectivity index (χ3v) is 4.24. The van der Waals surface area contributed by atoms with Crippen LogP contribution in [0, 0.1) is 5.92 Å². The standard InChI is InChI=1S/C20H30N4O2/c1-16(2)20(25)24(12-11-22(3)4)15-19-21-9-10-23(19)14-17-7-6-8-18(13-17)26-5/h6-10,13,16H,11-12,14-15H2,1-5H3. The van der Waals surface area contributed by atoms with Crippen molar-refractivity contribution < 1.29 is 9.53 Å². The molecule has 1 amide bonds. The fourth-order valence-electron chi connectivity index (χ4n) is 2.73. The number of amides is 1. The van der Waals surface area contributed by atoms with E-state index in [1.807, 2.05) is 57.2 Å². The predicted octanol–water partition coefficient (Wildman–Crippen LogP) is 2.49. The van der Waals surface area contributed by atoms with Gasteiger partial charge >= 0.3 is 0 Å². The van der Waals surface area contributed by atoms with Gasteiger partial charge in [0.2, 0.25) is 5.91 Å². The lowest BCUT2D eigenvalue weighted by atomic mass is 10.2. The zero-order valence-corrected chi connectivity index (χ0v) is 16.5. The summed E-state index contributed by atoms with van der Waals surface area (Å²) in [5, 5.41) is 0. The van der Waals surface area contributed by atoms with Crippen molar-refractivity contribution >= 4 is 5.91 Å². The average Bonchev–Trinajstić information content (AvgIpc) is 3.04. The molecule has 0 atom stereocenters. The van der Waals surface area contributed by atoms with Crippen LogP contribution in [0.5, 0.6) is 5.75 Å². The van der Waals surface area contributed by atoms with Gasteiger partial charge in [-0.05, 0) is 31.8 Å². The van der Waals surface area contributed by atoms with Gasteiger partial charge in [-0.25, -0.2) is 4.98 Å². The first-order valence-electron chi connectivity index (χ1n) is 8.97. The van der Waals surface area contributed by atoms with Gasteiger partial charge in [-0.15, -0.1) is 0 Å². The molecular weight excluding hydrogens is 328 g/mol. The summed E-state index contributed by atoms with van der Waals surface area (Å²) in [5.74, 6) is 1.86. The third kappa shape index (κ3) is 5.59. The molecule has 2 aromatic rings. The number of hydrogen-bond acceptors (Lipinski definition) is 4. The largest absolute Gasteiger partial charge is 0.497 e. The summed E-state index contributed by atoms with van der Waals surface area (Å²) in [6.07, 6.45) is 3.75. The number of carbonyl (C=O) groups is 1. The van der Waals surface area contributed by atoms with Crippen molar-refractivity contribution in [3.05, 3.63) is 48.0 Å². The smallest absolute Gasteiger partial charge is 0.225 e. The number of methoxy groups -OCH3 is 1. The highest BCUT2D eigenvalue weighted by molar-refractivity contribution is 5.78. The first-order chi connectivity index (χ1) is 12.4. The van der Waals surface area contributed by atoms with Gasteiger partial charge in [0, 0.05) is 37.9 Å². The predicted molar refractivity (Wildman–Crippen MR) is 103 cm³/mol. The third-order valence-electron chi connectivity index (χ3n) is 4.24. The molecule has 0 aliphatic rings. The van der Waals surface area contributed by atoms with E-state index < -0.39 is 0 Å². The molecule has 0 bridgehead atoms. The average molecular weight is 358 g/mol. The molecule has 0 unspecified atom stereocenters.